The van der Waals surface area contributed by atoms with Gasteiger partial charge < -0.3 is 19.9 Å². The summed E-state index contributed by atoms with van der Waals surface area (Å²) in [7, 11) is 4.31. The van der Waals surface area contributed by atoms with Crippen molar-refractivity contribution in [3.63, 3.8) is 0 Å². The molecule has 0 saturated carbocycles. The van der Waals surface area contributed by atoms with E-state index < -0.39 is 0 Å². The van der Waals surface area contributed by atoms with Gasteiger partial charge in [0.1, 0.15) is 0 Å². The monoisotopic (exact) mass is 285 g/mol. The van der Waals surface area contributed by atoms with E-state index in [0.29, 0.717) is 5.41 Å². The Bertz CT molecular complexity index is 240. The second-order valence-corrected chi connectivity index (χ2v) is 6.52. The average molecular weight is 285 g/mol. The summed E-state index contributed by atoms with van der Waals surface area (Å²) in [6.07, 6.45) is 3.73. The number of hydrogen-bond donors (Lipinski definition) is 1. The molecule has 4 heteroatoms. The van der Waals surface area contributed by atoms with E-state index in [2.05, 4.69) is 43.1 Å². The molecule has 1 unspecified atom stereocenters. The Kier molecular flexibility index (Phi) is 8.69. The summed E-state index contributed by atoms with van der Waals surface area (Å²) in [6, 6.07) is 0. The third-order valence-corrected chi connectivity index (χ3v) is 4.12. The molecule has 1 N–H and O–H groups in total. The van der Waals surface area contributed by atoms with Gasteiger partial charge in [-0.3, -0.25) is 0 Å². The van der Waals surface area contributed by atoms with Crippen molar-refractivity contribution in [1.29, 1.82) is 0 Å². The molecule has 0 amide bonds. The molecule has 0 spiro atoms. The van der Waals surface area contributed by atoms with Crippen molar-refractivity contribution in [3.8, 4) is 0 Å². The quantitative estimate of drug-likeness (QED) is 0.661. The average Bonchev–Trinajstić information content (AvgIpc) is 2.44. The smallest absolute Gasteiger partial charge is 0.0546 e. The van der Waals surface area contributed by atoms with Gasteiger partial charge in [0.05, 0.1) is 6.61 Å². The van der Waals surface area contributed by atoms with Gasteiger partial charge in [0, 0.05) is 38.2 Å². The predicted molar refractivity (Wildman–Crippen MR) is 86.3 cm³/mol. The summed E-state index contributed by atoms with van der Waals surface area (Å²) in [5.41, 5.74) is 0.315. The van der Waals surface area contributed by atoms with Crippen molar-refractivity contribution in [2.75, 3.05) is 66.6 Å². The van der Waals surface area contributed by atoms with Crippen LogP contribution in [0, 0.1) is 5.41 Å². The number of ether oxygens (including phenoxy) is 1. The van der Waals surface area contributed by atoms with Gasteiger partial charge >= 0.3 is 0 Å². The molecule has 0 aromatic carbocycles. The molecule has 0 aromatic rings. The molecule has 1 aliphatic heterocycles. The van der Waals surface area contributed by atoms with Crippen molar-refractivity contribution >= 4 is 0 Å². The Morgan fingerprint density at radius 2 is 1.95 bits per heavy atom. The number of nitrogens with one attached hydrogen (secondary N) is 1. The lowest BCUT2D eigenvalue weighted by Crippen LogP contribution is -2.50. The molecule has 1 aliphatic rings. The predicted octanol–water partition coefficient (Wildman–Crippen LogP) is 1.67. The van der Waals surface area contributed by atoms with Gasteiger partial charge in [0.2, 0.25) is 0 Å². The first-order valence-corrected chi connectivity index (χ1v) is 8.27. The lowest BCUT2D eigenvalue weighted by atomic mass is 9.81. The molecule has 1 rings (SSSR count). The van der Waals surface area contributed by atoms with Crippen LogP contribution in [0.25, 0.3) is 0 Å². The minimum Gasteiger partial charge on any atom is -0.381 e. The maximum absolute atomic E-state index is 5.81. The standard InChI is InChI=1S/C16H35N3O/c1-5-9-19(11-10-18(3)4)14-16(13-17-6-2)8-7-12-20-15-16/h17H,5-15H2,1-4H3. The lowest BCUT2D eigenvalue weighted by molar-refractivity contribution is -0.0266. The zero-order valence-electron chi connectivity index (χ0n) is 14.1. The summed E-state index contributed by atoms with van der Waals surface area (Å²) >= 11 is 0. The van der Waals surface area contributed by atoms with E-state index in [1.165, 1.54) is 32.4 Å². The SMILES string of the molecule is CCCN(CCN(C)C)CC1(CNCC)CCCOC1. The minimum atomic E-state index is 0.315. The van der Waals surface area contributed by atoms with E-state index in [1.54, 1.807) is 0 Å². The van der Waals surface area contributed by atoms with Gasteiger partial charge in [0.25, 0.3) is 0 Å². The molecular weight excluding hydrogens is 250 g/mol. The molecule has 0 aliphatic carbocycles. The molecule has 1 fully saturated rings. The molecule has 0 bridgehead atoms. The molecule has 1 saturated heterocycles. The Hall–Kier alpha value is -0.160. The van der Waals surface area contributed by atoms with Crippen molar-refractivity contribution in [1.82, 2.24) is 15.1 Å². The molecule has 120 valence electrons. The van der Waals surface area contributed by atoms with Gasteiger partial charge in [-0.05, 0) is 46.4 Å². The van der Waals surface area contributed by atoms with Gasteiger partial charge in [-0.2, -0.15) is 0 Å². The van der Waals surface area contributed by atoms with E-state index >= 15 is 0 Å². The third kappa shape index (κ3) is 6.53. The summed E-state index contributed by atoms with van der Waals surface area (Å²) < 4.78 is 5.81. The zero-order chi connectivity index (χ0) is 14.8. The number of rotatable bonds is 10. The Morgan fingerprint density at radius 1 is 1.15 bits per heavy atom. The Balaban J connectivity index is 2.57. The molecule has 4 nitrogen and oxygen atoms in total. The highest BCUT2D eigenvalue weighted by Crippen LogP contribution is 2.29. The van der Waals surface area contributed by atoms with Crippen molar-refractivity contribution in [3.05, 3.63) is 0 Å². The van der Waals surface area contributed by atoms with E-state index in [1.807, 2.05) is 0 Å². The normalized spacial score (nSPS) is 23.7. The fraction of sp³-hybridized carbons (Fsp3) is 1.00. The van der Waals surface area contributed by atoms with Gasteiger partial charge in [-0.15, -0.1) is 0 Å². The van der Waals surface area contributed by atoms with Crippen LogP contribution in [0.5, 0.6) is 0 Å². The minimum absolute atomic E-state index is 0.315. The van der Waals surface area contributed by atoms with Crippen LogP contribution in [0.15, 0.2) is 0 Å². The molecule has 1 atom stereocenters. The fourth-order valence-corrected chi connectivity index (χ4v) is 3.02. The van der Waals surface area contributed by atoms with Gasteiger partial charge in [0.15, 0.2) is 0 Å². The highest BCUT2D eigenvalue weighted by atomic mass is 16.5. The van der Waals surface area contributed by atoms with Crippen LogP contribution < -0.4 is 5.32 Å². The van der Waals surface area contributed by atoms with Crippen LogP contribution in [0.1, 0.15) is 33.1 Å². The van der Waals surface area contributed by atoms with Crippen LogP contribution in [0.4, 0.5) is 0 Å². The maximum Gasteiger partial charge on any atom is 0.0546 e. The Morgan fingerprint density at radius 3 is 2.50 bits per heavy atom. The highest BCUT2D eigenvalue weighted by molar-refractivity contribution is 4.87. The molecular formula is C16H35N3O. The van der Waals surface area contributed by atoms with Crippen LogP contribution >= 0.6 is 0 Å². The van der Waals surface area contributed by atoms with Crippen molar-refractivity contribution < 1.29 is 4.74 Å². The molecule has 0 aromatic heterocycles. The van der Waals surface area contributed by atoms with Gasteiger partial charge in [-0.25, -0.2) is 0 Å². The van der Waals surface area contributed by atoms with Crippen molar-refractivity contribution in [2.45, 2.75) is 33.1 Å². The van der Waals surface area contributed by atoms with E-state index in [9.17, 15) is 0 Å². The summed E-state index contributed by atoms with van der Waals surface area (Å²) in [4.78, 5) is 4.91. The summed E-state index contributed by atoms with van der Waals surface area (Å²) in [5.74, 6) is 0. The highest BCUT2D eigenvalue weighted by Gasteiger charge is 2.34. The van der Waals surface area contributed by atoms with Crippen LogP contribution in [0.3, 0.4) is 0 Å². The first-order valence-electron chi connectivity index (χ1n) is 8.27. The zero-order valence-corrected chi connectivity index (χ0v) is 14.1. The largest absolute Gasteiger partial charge is 0.381 e. The second kappa shape index (κ2) is 9.72. The Labute approximate surface area is 125 Å². The topological polar surface area (TPSA) is 27.7 Å². The van der Waals surface area contributed by atoms with Crippen LogP contribution in [0.2, 0.25) is 0 Å². The first kappa shape index (κ1) is 17.9. The van der Waals surface area contributed by atoms with E-state index in [-0.39, 0.29) is 0 Å². The number of hydrogen-bond acceptors (Lipinski definition) is 4. The van der Waals surface area contributed by atoms with E-state index in [0.717, 1.165) is 39.4 Å². The lowest BCUT2D eigenvalue weighted by Gasteiger charge is -2.41. The number of nitrogens with zero attached hydrogens (tertiary/aromatic N) is 2. The van der Waals surface area contributed by atoms with Gasteiger partial charge in [-0.1, -0.05) is 13.8 Å². The van der Waals surface area contributed by atoms with E-state index in [4.69, 9.17) is 4.74 Å². The molecule has 20 heavy (non-hydrogen) atoms. The molecule has 1 heterocycles. The van der Waals surface area contributed by atoms with Crippen LogP contribution in [-0.4, -0.2) is 76.4 Å². The summed E-state index contributed by atoms with van der Waals surface area (Å²) in [5, 5.41) is 3.55. The first-order chi connectivity index (χ1) is 9.62. The third-order valence-electron chi connectivity index (χ3n) is 4.12. The summed E-state index contributed by atoms with van der Waals surface area (Å²) in [6.45, 7) is 13.1. The number of likely N-dealkylation sites (N-methyl/N-ethyl adjacent to an activating group) is 1. The fourth-order valence-electron chi connectivity index (χ4n) is 3.02. The molecule has 0 radical (unpaired) electrons. The maximum atomic E-state index is 5.81. The second-order valence-electron chi connectivity index (χ2n) is 6.52. The van der Waals surface area contributed by atoms with Crippen molar-refractivity contribution in [2.24, 2.45) is 5.41 Å². The van der Waals surface area contributed by atoms with Crippen LogP contribution in [-0.2, 0) is 4.74 Å².